The molecule has 0 saturated carbocycles. The van der Waals surface area contributed by atoms with E-state index < -0.39 is 44.3 Å². The van der Waals surface area contributed by atoms with Crippen molar-refractivity contribution in [1.29, 1.82) is 0 Å². The maximum atomic E-state index is 10.8. The van der Waals surface area contributed by atoms with Crippen LogP contribution in [0.2, 0.25) is 0 Å². The Morgan fingerprint density at radius 3 is 1.07 bits per heavy atom. The van der Waals surface area contributed by atoms with Crippen LogP contribution in [0.1, 0.15) is 0 Å². The van der Waals surface area contributed by atoms with Crippen LogP contribution in [0.5, 0.6) is 11.5 Å². The highest BCUT2D eigenvalue weighted by molar-refractivity contribution is 5.80. The fourth-order valence-corrected chi connectivity index (χ4v) is 1.22. The lowest BCUT2D eigenvalue weighted by atomic mass is 9.95. The lowest BCUT2D eigenvalue weighted by Crippen LogP contribution is -2.39. The van der Waals surface area contributed by atoms with Crippen molar-refractivity contribution in [1.82, 2.24) is 0 Å². The van der Waals surface area contributed by atoms with Crippen LogP contribution in [-0.2, 0) is 0 Å². The number of hydrogen-bond donors (Lipinski definition) is 2. The van der Waals surface area contributed by atoms with Gasteiger partial charge in [0.25, 0.3) is 10.9 Å². The molecule has 0 spiro atoms. The molecule has 2 aromatic rings. The summed E-state index contributed by atoms with van der Waals surface area (Å²) in [5.74, 6) is -1.75. The molecule has 0 heterocycles. The maximum absolute atomic E-state index is 10.8. The van der Waals surface area contributed by atoms with Gasteiger partial charge < -0.3 is 10.2 Å². The third-order valence-corrected chi connectivity index (χ3v) is 2.02. The van der Waals surface area contributed by atoms with Crippen LogP contribution >= 0.6 is 0 Å². The average molecular weight is 194 g/mol. The van der Waals surface area contributed by atoms with Gasteiger partial charge in [-0.15, -0.1) is 0 Å². The van der Waals surface area contributed by atoms with Gasteiger partial charge in [0.05, 0.1) is 11.1 Å². The minimum atomic E-state index is -1.12. The highest BCUT2D eigenvalue weighted by Gasteiger charge is 2.31. The molecule has 0 aliphatic heterocycles. The van der Waals surface area contributed by atoms with Crippen LogP contribution in [0, 0.1) is 0 Å². The van der Waals surface area contributed by atoms with Gasteiger partial charge in [-0.25, -0.2) is 0 Å². The fraction of sp³-hybridized carbons (Fsp3) is 0. The monoisotopic (exact) mass is 194 g/mol. The Labute approximate surface area is 74.7 Å². The van der Waals surface area contributed by atoms with Crippen LogP contribution in [0.3, 0.4) is 0 Å². The van der Waals surface area contributed by atoms with E-state index in [1.165, 1.54) is 0 Å². The Kier molecular flexibility index (Phi) is 1.29. The van der Waals surface area contributed by atoms with Crippen molar-refractivity contribution < 1.29 is 10.2 Å². The van der Waals surface area contributed by atoms with Crippen molar-refractivity contribution in [2.75, 3.05) is 0 Å². The predicted octanol–water partition coefficient (Wildman–Crippen LogP) is -2.04. The number of aromatic hydroxyl groups is 2. The first-order valence-corrected chi connectivity index (χ1v) is 3.51. The van der Waals surface area contributed by atoms with Gasteiger partial charge in [0.15, 0.2) is 11.5 Å². The highest BCUT2D eigenvalue weighted by Crippen LogP contribution is 2.27. The SMILES string of the molecule is O=c1c(O)c(-c2c(O)c(=O)c2=O)c1=O. The van der Waals surface area contributed by atoms with E-state index in [0.717, 1.165) is 0 Å². The fourth-order valence-electron chi connectivity index (χ4n) is 1.22. The highest BCUT2D eigenvalue weighted by atomic mass is 16.3. The van der Waals surface area contributed by atoms with E-state index >= 15 is 0 Å². The van der Waals surface area contributed by atoms with Gasteiger partial charge in [0.1, 0.15) is 0 Å². The second kappa shape index (κ2) is 2.16. The van der Waals surface area contributed by atoms with Crippen LogP contribution in [-0.4, -0.2) is 10.2 Å². The molecule has 0 atom stereocenters. The Morgan fingerprint density at radius 1 is 0.571 bits per heavy atom. The van der Waals surface area contributed by atoms with Crippen molar-refractivity contribution in [3.05, 3.63) is 40.9 Å². The van der Waals surface area contributed by atoms with Gasteiger partial charge in [0, 0.05) is 0 Å². The summed E-state index contributed by atoms with van der Waals surface area (Å²) < 4.78 is 0. The molecule has 6 nitrogen and oxygen atoms in total. The molecule has 0 aromatic heterocycles. The van der Waals surface area contributed by atoms with E-state index in [-0.39, 0.29) is 0 Å². The van der Waals surface area contributed by atoms with E-state index in [2.05, 4.69) is 0 Å². The molecular weight excluding hydrogens is 192 g/mol. The number of rotatable bonds is 1. The maximum Gasteiger partial charge on any atom is 0.268 e. The zero-order valence-electron chi connectivity index (χ0n) is 6.53. The molecule has 6 heteroatoms. The topological polar surface area (TPSA) is 109 Å². The molecule has 0 fully saturated rings. The molecule has 2 aromatic carbocycles. The summed E-state index contributed by atoms with van der Waals surface area (Å²) in [5, 5.41) is 17.8. The lowest BCUT2D eigenvalue weighted by Gasteiger charge is -2.07. The van der Waals surface area contributed by atoms with Gasteiger partial charge >= 0.3 is 0 Å². The van der Waals surface area contributed by atoms with E-state index in [1.54, 1.807) is 0 Å². The summed E-state index contributed by atoms with van der Waals surface area (Å²) >= 11 is 0. The van der Waals surface area contributed by atoms with Gasteiger partial charge in [-0.05, 0) is 0 Å². The average Bonchev–Trinajstić information content (AvgIpc) is 2.22. The van der Waals surface area contributed by atoms with Crippen molar-refractivity contribution in [2.24, 2.45) is 0 Å². The first-order valence-electron chi connectivity index (χ1n) is 3.51. The van der Waals surface area contributed by atoms with E-state index in [9.17, 15) is 19.2 Å². The smallest absolute Gasteiger partial charge is 0.268 e. The molecule has 2 rings (SSSR count). The number of hydrogen-bond acceptors (Lipinski definition) is 6. The molecular formula is C8H2O6. The van der Waals surface area contributed by atoms with Gasteiger partial charge in [-0.3, -0.25) is 19.2 Å². The minimum absolute atomic E-state index is 0.558. The first kappa shape index (κ1) is 8.36. The predicted molar refractivity (Wildman–Crippen MR) is 45.0 cm³/mol. The molecule has 0 unspecified atom stereocenters. The molecule has 0 aliphatic carbocycles. The standard InChI is InChI=1S/C8H2O6/c9-3-1(4(10)7(3)13)2-5(11)8(14)6(2)12/h9,11H. The zero-order valence-corrected chi connectivity index (χ0v) is 6.53. The van der Waals surface area contributed by atoms with Crippen molar-refractivity contribution >= 4 is 0 Å². The summed E-state index contributed by atoms with van der Waals surface area (Å²) in [5.41, 5.74) is -5.48. The van der Waals surface area contributed by atoms with Crippen LogP contribution < -0.4 is 21.7 Å². The molecule has 0 amide bonds. The summed E-state index contributed by atoms with van der Waals surface area (Å²) in [6.07, 6.45) is 0. The summed E-state index contributed by atoms with van der Waals surface area (Å²) in [4.78, 5) is 42.8. The van der Waals surface area contributed by atoms with Gasteiger partial charge in [-0.1, -0.05) is 0 Å². The Morgan fingerprint density at radius 2 is 0.857 bits per heavy atom. The molecule has 0 aliphatic rings. The third-order valence-electron chi connectivity index (χ3n) is 2.02. The van der Waals surface area contributed by atoms with Crippen molar-refractivity contribution in [2.45, 2.75) is 0 Å². The van der Waals surface area contributed by atoms with E-state index in [0.29, 0.717) is 0 Å². The van der Waals surface area contributed by atoms with Crippen molar-refractivity contribution in [3.63, 3.8) is 0 Å². The third kappa shape index (κ3) is 0.657. The summed E-state index contributed by atoms with van der Waals surface area (Å²) in [6.45, 7) is 0. The molecule has 70 valence electrons. The zero-order chi connectivity index (χ0) is 10.6. The largest absolute Gasteiger partial charge is 0.503 e. The van der Waals surface area contributed by atoms with Crippen molar-refractivity contribution in [3.8, 4) is 22.6 Å². The van der Waals surface area contributed by atoms with E-state index in [1.807, 2.05) is 0 Å². The summed E-state index contributed by atoms with van der Waals surface area (Å²) in [7, 11) is 0. The minimum Gasteiger partial charge on any atom is -0.503 e. The molecule has 0 bridgehead atoms. The van der Waals surface area contributed by atoms with Crippen LogP contribution in [0.15, 0.2) is 19.2 Å². The quantitative estimate of drug-likeness (QED) is 0.506. The molecule has 14 heavy (non-hydrogen) atoms. The Hall–Kier alpha value is -2.24. The van der Waals surface area contributed by atoms with Crippen LogP contribution in [0.25, 0.3) is 11.1 Å². The molecule has 2 N–H and O–H groups in total. The van der Waals surface area contributed by atoms with Gasteiger partial charge in [0.2, 0.25) is 10.9 Å². The molecule has 0 radical (unpaired) electrons. The van der Waals surface area contributed by atoms with Crippen LogP contribution in [0.4, 0.5) is 0 Å². The van der Waals surface area contributed by atoms with E-state index in [4.69, 9.17) is 10.2 Å². The Balaban J connectivity index is 2.78. The molecule has 0 saturated heterocycles. The first-order chi connectivity index (χ1) is 6.46. The second-order valence-corrected chi connectivity index (χ2v) is 2.76. The van der Waals surface area contributed by atoms with Gasteiger partial charge in [-0.2, -0.15) is 0 Å². The Bertz CT molecular complexity index is 614. The normalized spacial score (nSPS) is 11.1. The lowest BCUT2D eigenvalue weighted by molar-refractivity contribution is 0.455. The summed E-state index contributed by atoms with van der Waals surface area (Å²) in [6, 6.07) is 0. The second-order valence-electron chi connectivity index (χ2n) is 2.76.